The Morgan fingerprint density at radius 3 is 2.59 bits per heavy atom. The van der Waals surface area contributed by atoms with Gasteiger partial charge in [0.1, 0.15) is 6.54 Å². The number of rotatable bonds is 5. The van der Waals surface area contributed by atoms with Gasteiger partial charge < -0.3 is 14.5 Å². The van der Waals surface area contributed by atoms with Gasteiger partial charge in [-0.05, 0) is 23.8 Å². The number of amides is 1. The monoisotopic (exact) mass is 392 g/mol. The van der Waals surface area contributed by atoms with Gasteiger partial charge in [0.25, 0.3) is 5.56 Å². The van der Waals surface area contributed by atoms with E-state index in [1.807, 2.05) is 30.3 Å². The van der Waals surface area contributed by atoms with Crippen LogP contribution in [0, 0.1) is 0 Å². The fourth-order valence-corrected chi connectivity index (χ4v) is 3.48. The zero-order valence-electron chi connectivity index (χ0n) is 16.5. The summed E-state index contributed by atoms with van der Waals surface area (Å²) >= 11 is 0. The number of nitrogens with zero attached hydrogens (tertiary/aromatic N) is 4. The van der Waals surface area contributed by atoms with Crippen molar-refractivity contribution in [2.75, 3.05) is 38.3 Å². The van der Waals surface area contributed by atoms with Crippen molar-refractivity contribution in [1.29, 1.82) is 0 Å². The smallest absolute Gasteiger partial charge is 0.275 e. The predicted octanol–water partition coefficient (Wildman–Crippen LogP) is 1.89. The van der Waals surface area contributed by atoms with E-state index in [2.05, 4.69) is 22.1 Å². The lowest BCUT2D eigenvalue weighted by Crippen LogP contribution is -2.36. The van der Waals surface area contributed by atoms with Crippen molar-refractivity contribution in [3.8, 4) is 0 Å². The van der Waals surface area contributed by atoms with Crippen molar-refractivity contribution >= 4 is 22.4 Å². The standard InChI is InChI=1S/C22H24N4O3/c1-24(15-17-6-8-19(9-7-17)25-10-12-29-13-11-25)21(27)16-26-22(28)20-5-3-2-4-18(20)14-23-26/h2-9,14H,10-13,15-16H2,1H3. The number of hydrogen-bond donors (Lipinski definition) is 0. The number of carbonyl (C=O) groups excluding carboxylic acids is 1. The minimum Gasteiger partial charge on any atom is -0.378 e. The van der Waals surface area contributed by atoms with Gasteiger partial charge in [0.2, 0.25) is 5.91 Å². The Labute approximate surface area is 169 Å². The van der Waals surface area contributed by atoms with Crippen molar-refractivity contribution in [1.82, 2.24) is 14.7 Å². The zero-order valence-corrected chi connectivity index (χ0v) is 16.5. The van der Waals surface area contributed by atoms with Crippen LogP contribution in [0.2, 0.25) is 0 Å². The van der Waals surface area contributed by atoms with Crippen LogP contribution < -0.4 is 10.5 Å². The van der Waals surface area contributed by atoms with E-state index in [1.54, 1.807) is 24.2 Å². The molecule has 1 saturated heterocycles. The van der Waals surface area contributed by atoms with Gasteiger partial charge in [0.05, 0.1) is 24.8 Å². The fraction of sp³-hybridized carbons (Fsp3) is 0.318. The molecule has 3 aromatic rings. The molecule has 0 N–H and O–H groups in total. The SMILES string of the molecule is CN(Cc1ccc(N2CCOCC2)cc1)C(=O)Cn1ncc2ccccc2c1=O. The second kappa shape index (κ2) is 8.45. The normalized spacial score (nSPS) is 14.2. The van der Waals surface area contributed by atoms with E-state index in [-0.39, 0.29) is 18.0 Å². The number of morpholine rings is 1. The molecule has 2 heterocycles. The van der Waals surface area contributed by atoms with Crippen LogP contribution in [0.5, 0.6) is 0 Å². The average molecular weight is 392 g/mol. The molecule has 0 atom stereocenters. The third-order valence-electron chi connectivity index (χ3n) is 5.20. The molecule has 1 aliphatic rings. The van der Waals surface area contributed by atoms with Gasteiger partial charge in [-0.15, -0.1) is 0 Å². The summed E-state index contributed by atoms with van der Waals surface area (Å²) < 4.78 is 6.61. The van der Waals surface area contributed by atoms with Crippen LogP contribution in [-0.4, -0.2) is 53.9 Å². The number of carbonyl (C=O) groups is 1. The topological polar surface area (TPSA) is 67.7 Å². The Balaban J connectivity index is 1.41. The molecule has 150 valence electrons. The lowest BCUT2D eigenvalue weighted by molar-refractivity contribution is -0.131. The molecule has 29 heavy (non-hydrogen) atoms. The molecule has 0 spiro atoms. The number of ether oxygens (including phenoxy) is 1. The van der Waals surface area contributed by atoms with Crippen molar-refractivity contribution in [3.63, 3.8) is 0 Å². The van der Waals surface area contributed by atoms with Gasteiger partial charge in [-0.25, -0.2) is 4.68 Å². The molecule has 4 rings (SSSR count). The molecule has 0 bridgehead atoms. The molecule has 0 saturated carbocycles. The summed E-state index contributed by atoms with van der Waals surface area (Å²) in [5, 5.41) is 5.48. The molecule has 2 aromatic carbocycles. The van der Waals surface area contributed by atoms with Gasteiger partial charge in [-0.3, -0.25) is 9.59 Å². The zero-order chi connectivity index (χ0) is 20.2. The Bertz CT molecular complexity index is 1060. The molecular formula is C22H24N4O3. The number of aromatic nitrogens is 2. The fourth-order valence-electron chi connectivity index (χ4n) is 3.48. The van der Waals surface area contributed by atoms with E-state index in [9.17, 15) is 9.59 Å². The lowest BCUT2D eigenvalue weighted by Gasteiger charge is -2.29. The second-order valence-corrected chi connectivity index (χ2v) is 7.21. The number of likely N-dealkylation sites (N-methyl/N-ethyl adjacent to an activating group) is 1. The van der Waals surface area contributed by atoms with Gasteiger partial charge in [-0.1, -0.05) is 30.3 Å². The van der Waals surface area contributed by atoms with Gasteiger partial charge >= 0.3 is 0 Å². The first-order valence-corrected chi connectivity index (χ1v) is 9.72. The average Bonchev–Trinajstić information content (AvgIpc) is 2.77. The second-order valence-electron chi connectivity index (χ2n) is 7.21. The van der Waals surface area contributed by atoms with Gasteiger partial charge in [-0.2, -0.15) is 5.10 Å². The van der Waals surface area contributed by atoms with Crippen molar-refractivity contribution in [2.45, 2.75) is 13.1 Å². The Hall–Kier alpha value is -3.19. The molecule has 0 aliphatic carbocycles. The predicted molar refractivity (Wildman–Crippen MR) is 112 cm³/mol. The highest BCUT2D eigenvalue weighted by Gasteiger charge is 2.14. The highest BCUT2D eigenvalue weighted by molar-refractivity contribution is 5.81. The minimum atomic E-state index is -0.250. The maximum atomic E-state index is 12.6. The number of hydrogen-bond acceptors (Lipinski definition) is 5. The highest BCUT2D eigenvalue weighted by atomic mass is 16.5. The minimum absolute atomic E-state index is 0.0774. The van der Waals surface area contributed by atoms with E-state index in [0.29, 0.717) is 11.9 Å². The van der Waals surface area contributed by atoms with E-state index < -0.39 is 0 Å². The molecule has 1 amide bonds. The molecule has 1 aliphatic heterocycles. The summed E-state index contributed by atoms with van der Waals surface area (Å²) in [6, 6.07) is 15.5. The summed E-state index contributed by atoms with van der Waals surface area (Å²) in [5.74, 6) is -0.160. The summed E-state index contributed by atoms with van der Waals surface area (Å²) in [7, 11) is 1.74. The van der Waals surface area contributed by atoms with Crippen LogP contribution in [0.4, 0.5) is 5.69 Å². The highest BCUT2D eigenvalue weighted by Crippen LogP contribution is 2.17. The maximum Gasteiger partial charge on any atom is 0.275 e. The maximum absolute atomic E-state index is 12.6. The van der Waals surface area contributed by atoms with E-state index in [0.717, 1.165) is 42.9 Å². The molecule has 1 fully saturated rings. The molecule has 7 nitrogen and oxygen atoms in total. The van der Waals surface area contributed by atoms with Crippen molar-refractivity contribution < 1.29 is 9.53 Å². The van der Waals surface area contributed by atoms with Crippen LogP contribution in [0.15, 0.2) is 59.5 Å². The first-order chi connectivity index (χ1) is 14.1. The Morgan fingerprint density at radius 1 is 1.10 bits per heavy atom. The van der Waals surface area contributed by atoms with E-state index >= 15 is 0 Å². The van der Waals surface area contributed by atoms with Crippen LogP contribution in [0.3, 0.4) is 0 Å². The third kappa shape index (κ3) is 4.30. The Morgan fingerprint density at radius 2 is 1.83 bits per heavy atom. The summed E-state index contributed by atoms with van der Waals surface area (Å²) in [5.41, 5.74) is 1.95. The van der Waals surface area contributed by atoms with Crippen LogP contribution in [0.25, 0.3) is 10.8 Å². The van der Waals surface area contributed by atoms with Crippen LogP contribution in [-0.2, 0) is 22.6 Å². The van der Waals surface area contributed by atoms with Gasteiger partial charge in [0.15, 0.2) is 0 Å². The summed E-state index contributed by atoms with van der Waals surface area (Å²) in [6.45, 7) is 3.69. The molecule has 1 aromatic heterocycles. The van der Waals surface area contributed by atoms with Crippen molar-refractivity contribution in [2.24, 2.45) is 0 Å². The summed E-state index contributed by atoms with van der Waals surface area (Å²) in [4.78, 5) is 29.1. The third-order valence-corrected chi connectivity index (χ3v) is 5.20. The van der Waals surface area contributed by atoms with Crippen LogP contribution >= 0.6 is 0 Å². The number of benzene rings is 2. The van der Waals surface area contributed by atoms with Crippen LogP contribution in [0.1, 0.15) is 5.56 Å². The molecule has 7 heteroatoms. The molecular weight excluding hydrogens is 368 g/mol. The summed E-state index contributed by atoms with van der Waals surface area (Å²) in [6.07, 6.45) is 1.62. The molecule has 0 radical (unpaired) electrons. The largest absolute Gasteiger partial charge is 0.378 e. The Kier molecular flexibility index (Phi) is 5.57. The van der Waals surface area contributed by atoms with E-state index in [4.69, 9.17) is 4.74 Å². The first-order valence-electron chi connectivity index (χ1n) is 9.72. The number of fused-ring (bicyclic) bond motifs is 1. The number of anilines is 1. The first kappa shape index (κ1) is 19.1. The van der Waals surface area contributed by atoms with Crippen molar-refractivity contribution in [3.05, 3.63) is 70.6 Å². The lowest BCUT2D eigenvalue weighted by atomic mass is 10.1. The quantitative estimate of drug-likeness (QED) is 0.663. The van der Waals surface area contributed by atoms with Gasteiger partial charge in [0, 0.05) is 37.8 Å². The van der Waals surface area contributed by atoms with E-state index in [1.165, 1.54) is 4.68 Å². The molecule has 0 unspecified atom stereocenters.